The van der Waals surface area contributed by atoms with E-state index >= 15 is 0 Å². The van der Waals surface area contributed by atoms with Crippen LogP contribution in [0.3, 0.4) is 0 Å². The highest BCUT2D eigenvalue weighted by atomic mass is 16.5. The topological polar surface area (TPSA) is 92.7 Å². The van der Waals surface area contributed by atoms with E-state index < -0.39 is 23.9 Å². The molecule has 1 atom stereocenters. The van der Waals surface area contributed by atoms with Crippen LogP contribution in [0.15, 0.2) is 24.3 Å². The zero-order valence-electron chi connectivity index (χ0n) is 14.9. The number of amides is 1. The van der Waals surface area contributed by atoms with Crippen molar-refractivity contribution in [1.82, 2.24) is 5.32 Å². The molecule has 2 N–H and O–H groups in total. The first-order valence-corrected chi connectivity index (χ1v) is 8.76. The predicted molar refractivity (Wildman–Crippen MR) is 94.6 cm³/mol. The van der Waals surface area contributed by atoms with Gasteiger partial charge in [0.1, 0.15) is 11.8 Å². The third-order valence-corrected chi connectivity index (χ3v) is 3.83. The van der Waals surface area contributed by atoms with Crippen molar-refractivity contribution >= 4 is 17.8 Å². The summed E-state index contributed by atoms with van der Waals surface area (Å²) in [6.45, 7) is 3.44. The molecule has 0 aliphatic rings. The van der Waals surface area contributed by atoms with Gasteiger partial charge < -0.3 is 15.2 Å². The highest BCUT2D eigenvalue weighted by molar-refractivity contribution is 5.96. The molecular weight excluding hydrogens is 322 g/mol. The van der Waals surface area contributed by atoms with E-state index in [4.69, 9.17) is 4.74 Å². The lowest BCUT2D eigenvalue weighted by molar-refractivity contribution is -0.139. The number of aliphatic carboxylic acids is 1. The molecule has 0 heterocycles. The fraction of sp³-hybridized carbons (Fsp3) is 0.526. The molecule has 1 aromatic carbocycles. The molecule has 0 radical (unpaired) electrons. The number of ether oxygens (including phenoxy) is 1. The first-order chi connectivity index (χ1) is 11.9. The first kappa shape index (κ1) is 20.7. The van der Waals surface area contributed by atoms with Crippen molar-refractivity contribution in [3.8, 4) is 5.75 Å². The summed E-state index contributed by atoms with van der Waals surface area (Å²) in [5.41, 5.74) is 0.324. The van der Waals surface area contributed by atoms with Crippen LogP contribution in [0.1, 0.15) is 69.2 Å². The summed E-state index contributed by atoms with van der Waals surface area (Å²) < 4.78 is 4.90. The first-order valence-electron chi connectivity index (χ1n) is 8.76. The van der Waals surface area contributed by atoms with Gasteiger partial charge in [0, 0.05) is 12.5 Å². The van der Waals surface area contributed by atoms with E-state index in [1.54, 1.807) is 0 Å². The van der Waals surface area contributed by atoms with E-state index in [-0.39, 0.29) is 0 Å². The Morgan fingerprint density at radius 1 is 1.04 bits per heavy atom. The van der Waals surface area contributed by atoms with Crippen molar-refractivity contribution < 1.29 is 24.2 Å². The zero-order valence-corrected chi connectivity index (χ0v) is 14.9. The zero-order chi connectivity index (χ0) is 18.7. The molecule has 0 unspecified atom stereocenters. The van der Waals surface area contributed by atoms with E-state index in [2.05, 4.69) is 12.2 Å². The largest absolute Gasteiger partial charge is 0.480 e. The second-order valence-corrected chi connectivity index (χ2v) is 6.04. The number of unbranched alkanes of at least 4 members (excludes halogenated alkanes) is 5. The standard InChI is InChI=1S/C19H27NO5/c1-3-4-5-6-7-8-9-17(19(23)24)20-18(22)15-10-12-16(13-11-15)25-14(2)21/h10-13,17H,3-9H2,1-2H3,(H,20,22)(H,23,24)/t17-/m0/s1. The van der Waals surface area contributed by atoms with E-state index in [1.807, 2.05) is 0 Å². The van der Waals surface area contributed by atoms with Gasteiger partial charge >= 0.3 is 11.9 Å². The number of benzene rings is 1. The van der Waals surface area contributed by atoms with Gasteiger partial charge in [0.2, 0.25) is 0 Å². The quantitative estimate of drug-likeness (QED) is 0.362. The minimum atomic E-state index is -1.03. The lowest BCUT2D eigenvalue weighted by Crippen LogP contribution is -2.40. The molecule has 1 rings (SSSR count). The summed E-state index contributed by atoms with van der Waals surface area (Å²) in [7, 11) is 0. The van der Waals surface area contributed by atoms with Gasteiger partial charge in [0.25, 0.3) is 5.91 Å². The van der Waals surface area contributed by atoms with Gasteiger partial charge in [-0.3, -0.25) is 9.59 Å². The number of carbonyl (C=O) groups excluding carboxylic acids is 2. The fourth-order valence-electron chi connectivity index (χ4n) is 2.47. The lowest BCUT2D eigenvalue weighted by Gasteiger charge is -2.14. The molecule has 0 spiro atoms. The minimum absolute atomic E-state index is 0.324. The van der Waals surface area contributed by atoms with Crippen LogP contribution in [0.2, 0.25) is 0 Å². The molecule has 0 saturated heterocycles. The highest BCUT2D eigenvalue weighted by Gasteiger charge is 2.20. The van der Waals surface area contributed by atoms with Crippen LogP contribution < -0.4 is 10.1 Å². The van der Waals surface area contributed by atoms with E-state index in [0.29, 0.717) is 17.7 Å². The van der Waals surface area contributed by atoms with Crippen molar-refractivity contribution in [2.45, 2.75) is 64.8 Å². The van der Waals surface area contributed by atoms with Gasteiger partial charge in [-0.2, -0.15) is 0 Å². The second kappa shape index (κ2) is 11.2. The van der Waals surface area contributed by atoms with E-state index in [1.165, 1.54) is 44.0 Å². The Bertz CT molecular complexity index is 568. The Morgan fingerprint density at radius 3 is 2.20 bits per heavy atom. The molecule has 0 saturated carbocycles. The van der Waals surface area contributed by atoms with E-state index in [9.17, 15) is 19.5 Å². The molecule has 6 heteroatoms. The number of hydrogen-bond donors (Lipinski definition) is 2. The Hall–Kier alpha value is -2.37. The highest BCUT2D eigenvalue weighted by Crippen LogP contribution is 2.13. The number of esters is 1. The molecule has 25 heavy (non-hydrogen) atoms. The Labute approximate surface area is 148 Å². The lowest BCUT2D eigenvalue weighted by atomic mass is 10.1. The molecule has 6 nitrogen and oxygen atoms in total. The summed E-state index contributed by atoms with van der Waals surface area (Å²) in [5.74, 6) is -1.58. The Morgan fingerprint density at radius 2 is 1.64 bits per heavy atom. The third-order valence-electron chi connectivity index (χ3n) is 3.83. The van der Waals surface area contributed by atoms with Gasteiger partial charge in [-0.05, 0) is 30.7 Å². The maximum absolute atomic E-state index is 12.2. The number of carbonyl (C=O) groups is 3. The molecule has 138 valence electrons. The fourth-order valence-corrected chi connectivity index (χ4v) is 2.47. The maximum atomic E-state index is 12.2. The molecule has 1 amide bonds. The summed E-state index contributed by atoms with van der Waals surface area (Å²) in [5, 5.41) is 11.8. The van der Waals surface area contributed by atoms with Crippen molar-refractivity contribution in [1.29, 1.82) is 0 Å². The molecular formula is C19H27NO5. The van der Waals surface area contributed by atoms with Crippen LogP contribution in [0, 0.1) is 0 Å². The summed E-state index contributed by atoms with van der Waals surface area (Å²) >= 11 is 0. The average Bonchev–Trinajstić information content (AvgIpc) is 2.56. The van der Waals surface area contributed by atoms with Crippen LogP contribution in [0.5, 0.6) is 5.75 Å². The van der Waals surface area contributed by atoms with Gasteiger partial charge in [0.05, 0.1) is 0 Å². The number of carboxylic acids is 1. The molecule has 0 fully saturated rings. The molecule has 1 aromatic rings. The van der Waals surface area contributed by atoms with Crippen molar-refractivity contribution in [3.05, 3.63) is 29.8 Å². The van der Waals surface area contributed by atoms with Crippen LogP contribution in [-0.4, -0.2) is 29.0 Å². The van der Waals surface area contributed by atoms with Crippen molar-refractivity contribution in [2.24, 2.45) is 0 Å². The molecule has 0 aromatic heterocycles. The predicted octanol–water partition coefficient (Wildman–Crippen LogP) is 3.55. The summed E-state index contributed by atoms with van der Waals surface area (Å²) in [6, 6.07) is 5.10. The van der Waals surface area contributed by atoms with Gasteiger partial charge in [-0.1, -0.05) is 45.4 Å². The summed E-state index contributed by atoms with van der Waals surface area (Å²) in [4.78, 5) is 34.4. The number of nitrogens with one attached hydrogen (secondary N) is 1. The average molecular weight is 349 g/mol. The van der Waals surface area contributed by atoms with Crippen molar-refractivity contribution in [3.63, 3.8) is 0 Å². The maximum Gasteiger partial charge on any atom is 0.326 e. The third kappa shape index (κ3) is 8.33. The number of rotatable bonds is 11. The normalized spacial score (nSPS) is 11.6. The van der Waals surface area contributed by atoms with E-state index in [0.717, 1.165) is 25.7 Å². The number of hydrogen-bond acceptors (Lipinski definition) is 4. The van der Waals surface area contributed by atoms with Gasteiger partial charge in [-0.25, -0.2) is 4.79 Å². The van der Waals surface area contributed by atoms with Gasteiger partial charge in [-0.15, -0.1) is 0 Å². The Balaban J connectivity index is 2.49. The SMILES string of the molecule is CCCCCCCC[C@H](NC(=O)c1ccc(OC(C)=O)cc1)C(=O)O. The molecule has 0 aliphatic heterocycles. The monoisotopic (exact) mass is 349 g/mol. The van der Waals surface area contributed by atoms with Crippen molar-refractivity contribution in [2.75, 3.05) is 0 Å². The Kier molecular flexibility index (Phi) is 9.29. The molecule has 0 aliphatic carbocycles. The summed E-state index contributed by atoms with van der Waals surface area (Å²) in [6.07, 6.45) is 6.77. The van der Waals surface area contributed by atoms with Crippen LogP contribution >= 0.6 is 0 Å². The van der Waals surface area contributed by atoms with Crippen LogP contribution in [0.25, 0.3) is 0 Å². The van der Waals surface area contributed by atoms with Gasteiger partial charge in [0.15, 0.2) is 0 Å². The minimum Gasteiger partial charge on any atom is -0.480 e. The molecule has 0 bridgehead atoms. The second-order valence-electron chi connectivity index (χ2n) is 6.04. The van der Waals surface area contributed by atoms with Crippen LogP contribution in [-0.2, 0) is 9.59 Å². The number of carboxylic acid groups (broad SMARTS) is 1. The smallest absolute Gasteiger partial charge is 0.326 e. The van der Waals surface area contributed by atoms with Crippen LogP contribution in [0.4, 0.5) is 0 Å².